The third-order valence-electron chi connectivity index (χ3n) is 5.65. The van der Waals surface area contributed by atoms with Gasteiger partial charge in [-0.1, -0.05) is 19.8 Å². The molecule has 0 aliphatic heterocycles. The number of rotatable bonds is 10. The van der Waals surface area contributed by atoms with Gasteiger partial charge in [0.25, 0.3) is 0 Å². The summed E-state index contributed by atoms with van der Waals surface area (Å²) in [6.45, 7) is 3.51. The molecular formula is C27H27I2N3O2. The molecule has 4 aromatic rings. The monoisotopic (exact) mass is 679 g/mol. The third-order valence-corrected chi connectivity index (χ3v) is 6.99. The molecule has 34 heavy (non-hydrogen) atoms. The zero-order chi connectivity index (χ0) is 23.9. The Hall–Kier alpha value is -2.14. The van der Waals surface area contributed by atoms with Crippen LogP contribution in [0.15, 0.2) is 65.8 Å². The molecule has 1 N–H and O–H groups in total. The molecule has 0 aliphatic carbocycles. The second-order valence-electron chi connectivity index (χ2n) is 8.14. The van der Waals surface area contributed by atoms with Crippen molar-refractivity contribution in [1.82, 2.24) is 9.99 Å². The molecule has 176 valence electrons. The number of amides is 1. The van der Waals surface area contributed by atoms with Crippen LogP contribution in [-0.2, 0) is 11.3 Å². The summed E-state index contributed by atoms with van der Waals surface area (Å²) in [7, 11) is 0. The minimum absolute atomic E-state index is 0.113. The Balaban J connectivity index is 1.36. The Morgan fingerprint density at radius 1 is 0.971 bits per heavy atom. The van der Waals surface area contributed by atoms with E-state index in [4.69, 9.17) is 4.74 Å². The number of aryl methyl sites for hydroxylation is 1. The average molecular weight is 679 g/mol. The van der Waals surface area contributed by atoms with Crippen LogP contribution in [0, 0.1) is 7.14 Å². The lowest BCUT2D eigenvalue weighted by molar-refractivity contribution is -0.121. The normalized spacial score (nSPS) is 11.5. The maximum atomic E-state index is 12.5. The molecule has 0 saturated heterocycles. The lowest BCUT2D eigenvalue weighted by Crippen LogP contribution is -2.19. The topological polar surface area (TPSA) is 55.6 Å². The molecule has 1 aromatic heterocycles. The first kappa shape index (κ1) is 25.0. The molecule has 0 spiro atoms. The summed E-state index contributed by atoms with van der Waals surface area (Å²) in [6, 6.07) is 20.6. The lowest BCUT2D eigenvalue weighted by atomic mass is 10.2. The van der Waals surface area contributed by atoms with Crippen molar-refractivity contribution in [2.24, 2.45) is 5.10 Å². The molecule has 3 aromatic carbocycles. The number of carbonyl (C=O) groups excluding carboxylic acids is 1. The summed E-state index contributed by atoms with van der Waals surface area (Å²) >= 11 is 4.69. The quantitative estimate of drug-likeness (QED) is 0.0841. The fourth-order valence-electron chi connectivity index (χ4n) is 3.93. The Morgan fingerprint density at radius 2 is 1.62 bits per heavy atom. The van der Waals surface area contributed by atoms with Gasteiger partial charge in [0.1, 0.15) is 5.75 Å². The molecule has 7 heteroatoms. The predicted octanol–water partition coefficient (Wildman–Crippen LogP) is 7.11. The molecule has 0 unspecified atom stereocenters. The van der Waals surface area contributed by atoms with Crippen LogP contribution in [-0.4, -0.2) is 23.3 Å². The van der Waals surface area contributed by atoms with Crippen LogP contribution in [0.5, 0.6) is 5.75 Å². The minimum atomic E-state index is -0.113. The van der Waals surface area contributed by atoms with Gasteiger partial charge in [-0.25, -0.2) is 5.43 Å². The Bertz CT molecular complexity index is 1250. The second-order valence-corrected chi connectivity index (χ2v) is 10.6. The van der Waals surface area contributed by atoms with E-state index in [2.05, 4.69) is 104 Å². The van der Waals surface area contributed by atoms with Gasteiger partial charge in [-0.05, 0) is 118 Å². The maximum Gasteiger partial charge on any atom is 0.241 e. The Kier molecular flexibility index (Phi) is 8.82. The first-order chi connectivity index (χ1) is 16.5. The van der Waals surface area contributed by atoms with Crippen LogP contribution >= 0.6 is 45.2 Å². The molecule has 5 nitrogen and oxygen atoms in total. The van der Waals surface area contributed by atoms with Crippen molar-refractivity contribution in [3.63, 3.8) is 0 Å². The van der Waals surface area contributed by atoms with E-state index in [9.17, 15) is 4.79 Å². The van der Waals surface area contributed by atoms with Crippen molar-refractivity contribution in [1.29, 1.82) is 0 Å². The number of aromatic nitrogens is 1. The zero-order valence-corrected chi connectivity index (χ0v) is 23.4. The highest BCUT2D eigenvalue weighted by atomic mass is 127. The number of unbranched alkanes of at least 4 members (excludes halogenated alkanes) is 2. The van der Waals surface area contributed by atoms with Gasteiger partial charge in [0.2, 0.25) is 5.91 Å². The number of benzene rings is 3. The van der Waals surface area contributed by atoms with Crippen molar-refractivity contribution in [2.45, 2.75) is 39.2 Å². The third kappa shape index (κ3) is 6.29. The van der Waals surface area contributed by atoms with Crippen LogP contribution < -0.4 is 10.2 Å². The van der Waals surface area contributed by atoms with Crippen LogP contribution in [0.4, 0.5) is 0 Å². The van der Waals surface area contributed by atoms with E-state index >= 15 is 0 Å². The summed E-state index contributed by atoms with van der Waals surface area (Å²) in [4.78, 5) is 12.5. The van der Waals surface area contributed by atoms with Crippen molar-refractivity contribution < 1.29 is 9.53 Å². The van der Waals surface area contributed by atoms with Crippen LogP contribution in [0.1, 0.15) is 38.2 Å². The highest BCUT2D eigenvalue weighted by molar-refractivity contribution is 14.1. The maximum absolute atomic E-state index is 12.5. The van der Waals surface area contributed by atoms with E-state index in [0.717, 1.165) is 35.4 Å². The van der Waals surface area contributed by atoms with Gasteiger partial charge in [-0.15, -0.1) is 0 Å². The van der Waals surface area contributed by atoms with E-state index < -0.39 is 0 Å². The number of fused-ring (bicyclic) bond motifs is 3. The number of hydrogen-bond acceptors (Lipinski definition) is 3. The largest absolute Gasteiger partial charge is 0.494 e. The molecule has 0 bridgehead atoms. The highest BCUT2D eigenvalue weighted by Crippen LogP contribution is 2.31. The summed E-state index contributed by atoms with van der Waals surface area (Å²) in [5, 5.41) is 6.57. The number of hydrazone groups is 1. The van der Waals surface area contributed by atoms with Gasteiger partial charge in [0.05, 0.1) is 12.8 Å². The van der Waals surface area contributed by atoms with E-state index in [0.29, 0.717) is 13.0 Å². The average Bonchev–Trinajstić information content (AvgIpc) is 3.13. The molecule has 0 radical (unpaired) electrons. The first-order valence-electron chi connectivity index (χ1n) is 11.5. The Morgan fingerprint density at radius 3 is 2.24 bits per heavy atom. The first-order valence-corrected chi connectivity index (χ1v) is 13.6. The summed E-state index contributed by atoms with van der Waals surface area (Å²) in [5.41, 5.74) is 5.85. The fourth-order valence-corrected chi connectivity index (χ4v) is 4.91. The fraction of sp³-hybridized carbons (Fsp3) is 0.259. The van der Waals surface area contributed by atoms with Crippen LogP contribution in [0.2, 0.25) is 0 Å². The van der Waals surface area contributed by atoms with Gasteiger partial charge in [0, 0.05) is 41.9 Å². The van der Waals surface area contributed by atoms with Crippen molar-refractivity contribution in [3.05, 3.63) is 73.4 Å². The SMILES string of the molecule is CCCCCOc1ccc(/C=N/NC(=O)CCn2c3ccc(I)cc3c3cc(I)ccc32)cc1. The van der Waals surface area contributed by atoms with Crippen LogP contribution in [0.3, 0.4) is 0 Å². The molecule has 0 saturated carbocycles. The summed E-state index contributed by atoms with van der Waals surface area (Å²) in [6.07, 6.45) is 5.43. The highest BCUT2D eigenvalue weighted by Gasteiger charge is 2.12. The van der Waals surface area contributed by atoms with Crippen molar-refractivity contribution >= 4 is 79.1 Å². The van der Waals surface area contributed by atoms with E-state index in [1.165, 1.54) is 30.8 Å². The van der Waals surface area contributed by atoms with Crippen LogP contribution in [0.25, 0.3) is 21.8 Å². The summed E-state index contributed by atoms with van der Waals surface area (Å²) in [5.74, 6) is 0.742. The number of carbonyl (C=O) groups is 1. The standard InChI is InChI=1S/C27H27I2N3O2/c1-2-3-4-15-34-22-9-5-19(6-10-22)18-30-31-27(33)13-14-32-25-11-7-20(28)16-23(25)24-17-21(29)8-12-26(24)32/h5-12,16-18H,2-4,13-15H2,1H3,(H,31,33)/b30-18+. The smallest absolute Gasteiger partial charge is 0.241 e. The lowest BCUT2D eigenvalue weighted by Gasteiger charge is -2.07. The van der Waals surface area contributed by atoms with Gasteiger partial charge in [-0.2, -0.15) is 5.10 Å². The summed E-state index contributed by atoms with van der Waals surface area (Å²) < 4.78 is 10.4. The molecule has 0 fully saturated rings. The van der Waals surface area contributed by atoms with Gasteiger partial charge < -0.3 is 9.30 Å². The molecule has 0 atom stereocenters. The van der Waals surface area contributed by atoms with E-state index in [1.807, 2.05) is 24.3 Å². The van der Waals surface area contributed by atoms with Gasteiger partial charge in [0.15, 0.2) is 0 Å². The van der Waals surface area contributed by atoms with E-state index in [1.54, 1.807) is 6.21 Å². The van der Waals surface area contributed by atoms with Gasteiger partial charge >= 0.3 is 0 Å². The molecule has 4 rings (SSSR count). The number of ether oxygens (including phenoxy) is 1. The number of nitrogens with zero attached hydrogens (tertiary/aromatic N) is 2. The zero-order valence-electron chi connectivity index (χ0n) is 19.1. The molecule has 1 heterocycles. The minimum Gasteiger partial charge on any atom is -0.494 e. The number of nitrogens with one attached hydrogen (secondary N) is 1. The second kappa shape index (κ2) is 12.0. The molecule has 0 aliphatic rings. The van der Waals surface area contributed by atoms with Gasteiger partial charge in [-0.3, -0.25) is 4.79 Å². The van der Waals surface area contributed by atoms with E-state index in [-0.39, 0.29) is 5.91 Å². The van der Waals surface area contributed by atoms with Crippen molar-refractivity contribution in [2.75, 3.05) is 6.61 Å². The number of halogens is 2. The Labute approximate surface area is 227 Å². The predicted molar refractivity (Wildman–Crippen MR) is 157 cm³/mol. The molecule has 1 amide bonds. The molecular weight excluding hydrogens is 652 g/mol. The number of hydrogen-bond donors (Lipinski definition) is 1. The van der Waals surface area contributed by atoms with Crippen molar-refractivity contribution in [3.8, 4) is 5.75 Å².